The molecule has 2 rings (SSSR count). The fourth-order valence-corrected chi connectivity index (χ4v) is 2.31. The molecule has 24 heavy (non-hydrogen) atoms. The van der Waals surface area contributed by atoms with E-state index in [0.29, 0.717) is 19.8 Å². The number of carbonyl (C=O) groups excluding carboxylic acids is 1. The monoisotopic (exact) mass is 327 g/mol. The van der Waals surface area contributed by atoms with Gasteiger partial charge in [0.25, 0.3) is 0 Å². The first kappa shape index (κ1) is 17.9. The normalized spacial score (nSPS) is 10.2. The van der Waals surface area contributed by atoms with Crippen LogP contribution in [0, 0.1) is 0 Å². The minimum Gasteiger partial charge on any atom is -0.492 e. The van der Waals surface area contributed by atoms with Gasteiger partial charge in [-0.15, -0.1) is 0 Å². The number of benzene rings is 2. The third-order valence-corrected chi connectivity index (χ3v) is 3.57. The Balaban J connectivity index is 1.42. The van der Waals surface area contributed by atoms with Crippen LogP contribution in [0.1, 0.15) is 24.8 Å². The summed E-state index contributed by atoms with van der Waals surface area (Å²) >= 11 is 0. The maximum absolute atomic E-state index is 11.5. The number of amides is 1. The summed E-state index contributed by atoms with van der Waals surface area (Å²) < 4.78 is 10.6. The molecule has 0 spiro atoms. The minimum absolute atomic E-state index is 0.380. The van der Waals surface area contributed by atoms with Gasteiger partial charge in [0, 0.05) is 0 Å². The molecule has 0 aliphatic heterocycles. The summed E-state index contributed by atoms with van der Waals surface area (Å²) in [6.45, 7) is 1.32. The molecule has 0 saturated heterocycles. The average Bonchev–Trinajstić information content (AvgIpc) is 2.63. The van der Waals surface area contributed by atoms with Crippen molar-refractivity contribution in [1.82, 2.24) is 5.32 Å². The van der Waals surface area contributed by atoms with Gasteiger partial charge in [0.2, 0.25) is 0 Å². The zero-order valence-electron chi connectivity index (χ0n) is 13.9. The fourth-order valence-electron chi connectivity index (χ4n) is 2.31. The predicted molar refractivity (Wildman–Crippen MR) is 95.3 cm³/mol. The molecule has 1 amide bonds. The van der Waals surface area contributed by atoms with E-state index in [-0.39, 0.29) is 6.09 Å². The molecular formula is C20H25NO3. The molecule has 0 atom stereocenters. The summed E-state index contributed by atoms with van der Waals surface area (Å²) in [6.07, 6.45) is 3.75. The van der Waals surface area contributed by atoms with Gasteiger partial charge in [-0.2, -0.15) is 0 Å². The van der Waals surface area contributed by atoms with E-state index < -0.39 is 0 Å². The summed E-state index contributed by atoms with van der Waals surface area (Å²) in [4.78, 5) is 11.5. The number of aryl methyl sites for hydroxylation is 1. The largest absolute Gasteiger partial charge is 0.492 e. The van der Waals surface area contributed by atoms with E-state index in [1.54, 1.807) is 0 Å². The van der Waals surface area contributed by atoms with Crippen LogP contribution >= 0.6 is 0 Å². The molecule has 2 aromatic carbocycles. The van der Waals surface area contributed by atoms with Gasteiger partial charge in [-0.3, -0.25) is 0 Å². The van der Waals surface area contributed by atoms with Gasteiger partial charge in [0.15, 0.2) is 0 Å². The maximum atomic E-state index is 11.5. The van der Waals surface area contributed by atoms with Gasteiger partial charge in [0.1, 0.15) is 12.4 Å². The Labute approximate surface area is 143 Å². The molecule has 4 nitrogen and oxygen atoms in total. The van der Waals surface area contributed by atoms with Crippen LogP contribution < -0.4 is 10.1 Å². The van der Waals surface area contributed by atoms with Crippen molar-refractivity contribution < 1.29 is 14.3 Å². The third kappa shape index (κ3) is 7.68. The van der Waals surface area contributed by atoms with Gasteiger partial charge >= 0.3 is 6.09 Å². The van der Waals surface area contributed by atoms with Crippen molar-refractivity contribution >= 4 is 6.09 Å². The number of rotatable bonds is 10. The summed E-state index contributed by atoms with van der Waals surface area (Å²) in [6, 6.07) is 20.0. The van der Waals surface area contributed by atoms with Crippen molar-refractivity contribution in [3.05, 3.63) is 66.2 Å². The maximum Gasteiger partial charge on any atom is 0.407 e. The van der Waals surface area contributed by atoms with Crippen molar-refractivity contribution in [2.45, 2.75) is 25.7 Å². The highest BCUT2D eigenvalue weighted by Crippen LogP contribution is 2.07. The van der Waals surface area contributed by atoms with Crippen molar-refractivity contribution in [3.63, 3.8) is 0 Å². The zero-order chi connectivity index (χ0) is 16.9. The second-order valence-electron chi connectivity index (χ2n) is 5.52. The standard InChI is InChI=1S/C20H25NO3/c22-20(21-15-17-23-19-13-7-2-8-14-19)24-16-9-3-6-12-18-10-4-1-5-11-18/h1-2,4-5,7-8,10-11,13-14H,3,6,9,12,15-17H2,(H,21,22). The van der Waals surface area contributed by atoms with Crippen LogP contribution in [-0.4, -0.2) is 25.9 Å². The smallest absolute Gasteiger partial charge is 0.407 e. The van der Waals surface area contributed by atoms with Gasteiger partial charge < -0.3 is 14.8 Å². The number of para-hydroxylation sites is 1. The van der Waals surface area contributed by atoms with Gasteiger partial charge in [-0.05, 0) is 43.4 Å². The number of carbonyl (C=O) groups is 1. The van der Waals surface area contributed by atoms with Crippen LogP contribution in [0.2, 0.25) is 0 Å². The molecule has 0 fully saturated rings. The van der Waals surface area contributed by atoms with Crippen LogP contribution in [0.25, 0.3) is 0 Å². The number of ether oxygens (including phenoxy) is 2. The van der Waals surface area contributed by atoms with Crippen LogP contribution in [-0.2, 0) is 11.2 Å². The van der Waals surface area contributed by atoms with E-state index in [0.717, 1.165) is 31.4 Å². The van der Waals surface area contributed by atoms with Crippen LogP contribution in [0.15, 0.2) is 60.7 Å². The first-order valence-corrected chi connectivity index (χ1v) is 8.47. The van der Waals surface area contributed by atoms with Crippen LogP contribution in [0.3, 0.4) is 0 Å². The summed E-state index contributed by atoms with van der Waals surface area (Å²) in [5.74, 6) is 0.797. The number of hydrogen-bond acceptors (Lipinski definition) is 3. The quantitative estimate of drug-likeness (QED) is 0.665. The molecule has 0 aromatic heterocycles. The minimum atomic E-state index is -0.380. The number of nitrogens with one attached hydrogen (secondary N) is 1. The molecule has 128 valence electrons. The van der Waals surface area contributed by atoms with Gasteiger partial charge in [-0.1, -0.05) is 48.5 Å². The highest BCUT2D eigenvalue weighted by atomic mass is 16.5. The van der Waals surface area contributed by atoms with Crippen molar-refractivity contribution in [2.75, 3.05) is 19.8 Å². The molecule has 0 bridgehead atoms. The zero-order valence-corrected chi connectivity index (χ0v) is 13.9. The highest BCUT2D eigenvalue weighted by Gasteiger charge is 2.01. The lowest BCUT2D eigenvalue weighted by Crippen LogP contribution is -2.29. The second-order valence-corrected chi connectivity index (χ2v) is 5.52. The summed E-state index contributed by atoms with van der Waals surface area (Å²) in [5.41, 5.74) is 1.36. The van der Waals surface area contributed by atoms with Crippen molar-refractivity contribution in [3.8, 4) is 5.75 Å². The number of hydrogen-bond donors (Lipinski definition) is 1. The molecule has 0 unspecified atom stereocenters. The molecule has 2 aromatic rings. The van der Waals surface area contributed by atoms with Gasteiger partial charge in [-0.25, -0.2) is 4.79 Å². The second kappa shape index (κ2) is 11.1. The van der Waals surface area contributed by atoms with Crippen molar-refractivity contribution in [2.24, 2.45) is 0 Å². The van der Waals surface area contributed by atoms with Crippen LogP contribution in [0.4, 0.5) is 4.79 Å². The summed E-state index contributed by atoms with van der Waals surface area (Å²) in [7, 11) is 0. The SMILES string of the molecule is O=C(NCCOc1ccccc1)OCCCCCc1ccccc1. The topological polar surface area (TPSA) is 47.6 Å². The molecule has 4 heteroatoms. The third-order valence-electron chi connectivity index (χ3n) is 3.57. The van der Waals surface area contributed by atoms with E-state index in [1.807, 2.05) is 36.4 Å². The Morgan fingerprint density at radius 3 is 2.29 bits per heavy atom. The Kier molecular flexibility index (Phi) is 8.27. The molecule has 1 N–H and O–H groups in total. The molecule has 0 aliphatic carbocycles. The Hall–Kier alpha value is -2.49. The number of alkyl carbamates (subject to hydrolysis) is 1. The molecule has 0 saturated carbocycles. The summed E-state index contributed by atoms with van der Waals surface area (Å²) in [5, 5.41) is 2.68. The van der Waals surface area contributed by atoms with Crippen molar-refractivity contribution in [1.29, 1.82) is 0 Å². The molecule has 0 heterocycles. The molecular weight excluding hydrogens is 302 g/mol. The van der Waals surface area contributed by atoms with Crippen LogP contribution in [0.5, 0.6) is 5.75 Å². The number of unbranched alkanes of at least 4 members (excludes halogenated alkanes) is 2. The predicted octanol–water partition coefficient (Wildman–Crippen LogP) is 4.20. The molecule has 0 radical (unpaired) electrons. The first-order valence-electron chi connectivity index (χ1n) is 8.47. The fraction of sp³-hybridized carbons (Fsp3) is 0.350. The lowest BCUT2D eigenvalue weighted by molar-refractivity contribution is 0.142. The lowest BCUT2D eigenvalue weighted by atomic mass is 10.1. The van der Waals surface area contributed by atoms with E-state index in [1.165, 1.54) is 5.56 Å². The molecule has 0 aliphatic rings. The Morgan fingerprint density at radius 2 is 1.54 bits per heavy atom. The van der Waals surface area contributed by atoms with Gasteiger partial charge in [0.05, 0.1) is 13.2 Å². The first-order chi connectivity index (χ1) is 11.8. The van der Waals surface area contributed by atoms with E-state index in [4.69, 9.17) is 9.47 Å². The Morgan fingerprint density at radius 1 is 0.833 bits per heavy atom. The average molecular weight is 327 g/mol. The highest BCUT2D eigenvalue weighted by molar-refractivity contribution is 5.67. The lowest BCUT2D eigenvalue weighted by Gasteiger charge is -2.08. The van der Waals surface area contributed by atoms with E-state index in [9.17, 15) is 4.79 Å². The van der Waals surface area contributed by atoms with E-state index >= 15 is 0 Å². The Bertz CT molecular complexity index is 572. The van der Waals surface area contributed by atoms with E-state index in [2.05, 4.69) is 29.6 Å².